The third kappa shape index (κ3) is 2.33. The molecule has 0 saturated heterocycles. The molecule has 0 spiro atoms. The van der Waals surface area contributed by atoms with Crippen LogP contribution >= 0.6 is 39.0 Å². The first kappa shape index (κ1) is 13.5. The van der Waals surface area contributed by atoms with Crippen molar-refractivity contribution >= 4 is 55.2 Å². The molecule has 0 radical (unpaired) electrons. The summed E-state index contributed by atoms with van der Waals surface area (Å²) in [4.78, 5) is 15.6. The molecule has 4 nitrogen and oxygen atoms in total. The summed E-state index contributed by atoms with van der Waals surface area (Å²) < 4.78 is 3.23. The second-order valence-electron chi connectivity index (χ2n) is 4.80. The molecule has 0 fully saturated rings. The van der Waals surface area contributed by atoms with E-state index >= 15 is 0 Å². The highest BCUT2D eigenvalue weighted by Crippen LogP contribution is 2.36. The first-order valence-electron chi connectivity index (χ1n) is 6.42. The van der Waals surface area contributed by atoms with Crippen molar-refractivity contribution in [1.29, 1.82) is 0 Å². The lowest BCUT2D eigenvalue weighted by Crippen LogP contribution is -2.16. The number of thioether (sulfide) groups is 1. The average molecular weight is 379 g/mol. The van der Waals surface area contributed by atoms with Crippen LogP contribution in [0.3, 0.4) is 0 Å². The summed E-state index contributed by atoms with van der Waals surface area (Å²) in [6, 6.07) is 6.46. The quantitative estimate of drug-likeness (QED) is 0.628. The van der Waals surface area contributed by atoms with Gasteiger partial charge in [-0.25, -0.2) is 15.0 Å². The van der Waals surface area contributed by atoms with E-state index in [1.807, 2.05) is 6.26 Å². The molecule has 2 aromatic heterocycles. The first-order chi connectivity index (χ1) is 10.2. The molecule has 0 N–H and O–H groups in total. The van der Waals surface area contributed by atoms with Crippen LogP contribution in [0.4, 0.5) is 5.82 Å². The second kappa shape index (κ2) is 5.23. The Bertz CT molecular complexity index is 833. The molecule has 1 aromatic carbocycles. The molecule has 4 rings (SSSR count). The highest BCUT2D eigenvalue weighted by molar-refractivity contribution is 9.10. The molecule has 0 saturated carbocycles. The molecule has 7 heteroatoms. The van der Waals surface area contributed by atoms with Gasteiger partial charge < -0.3 is 4.90 Å². The largest absolute Gasteiger partial charge is 0.347 e. The number of hydrogen-bond acceptors (Lipinski definition) is 6. The van der Waals surface area contributed by atoms with Crippen molar-refractivity contribution in [3.05, 3.63) is 40.1 Å². The van der Waals surface area contributed by atoms with Gasteiger partial charge in [-0.2, -0.15) is 0 Å². The van der Waals surface area contributed by atoms with Crippen LogP contribution < -0.4 is 4.90 Å². The van der Waals surface area contributed by atoms with E-state index < -0.39 is 0 Å². The minimum atomic E-state index is 0.798. The third-order valence-corrected chi connectivity index (χ3v) is 6.04. The molecule has 3 heterocycles. The summed E-state index contributed by atoms with van der Waals surface area (Å²) in [6.07, 6.45) is 3.65. The Morgan fingerprint density at radius 3 is 2.95 bits per heavy atom. The summed E-state index contributed by atoms with van der Waals surface area (Å²) in [6.45, 7) is 1.77. The van der Waals surface area contributed by atoms with E-state index in [0.717, 1.165) is 38.1 Å². The molecular weight excluding hydrogens is 368 g/mol. The molecule has 0 unspecified atom stereocenters. The smallest absolute Gasteiger partial charge is 0.176 e. The van der Waals surface area contributed by atoms with Gasteiger partial charge in [-0.15, -0.1) is 11.3 Å². The van der Waals surface area contributed by atoms with Crippen LogP contribution in [0.25, 0.3) is 10.3 Å². The fourth-order valence-electron chi connectivity index (χ4n) is 2.55. The fourth-order valence-corrected chi connectivity index (χ4v) is 4.49. The zero-order valence-corrected chi connectivity index (χ0v) is 14.4. The standard InChI is InChI=1S/C14H11BrN4S2/c1-20-14-18-12-11(21-14)13(17-7-16-12)19-5-8-2-3-10(15)4-9(8)6-19/h2-4,7H,5-6H2,1H3. The van der Waals surface area contributed by atoms with Crippen molar-refractivity contribution < 1.29 is 0 Å². The lowest BCUT2D eigenvalue weighted by Gasteiger charge is -2.16. The van der Waals surface area contributed by atoms with E-state index in [1.165, 1.54) is 11.1 Å². The predicted molar refractivity (Wildman–Crippen MR) is 91.0 cm³/mol. The van der Waals surface area contributed by atoms with Crippen molar-refractivity contribution in [1.82, 2.24) is 15.0 Å². The molecule has 0 bridgehead atoms. The number of rotatable bonds is 2. The number of halogens is 1. The Balaban J connectivity index is 1.77. The zero-order chi connectivity index (χ0) is 14.4. The number of aromatic nitrogens is 3. The van der Waals surface area contributed by atoms with Crippen LogP contribution in [0.5, 0.6) is 0 Å². The lowest BCUT2D eigenvalue weighted by atomic mass is 10.1. The number of thiazole rings is 1. The Hall–Kier alpha value is -1.18. The predicted octanol–water partition coefficient (Wildman–Crippen LogP) is 4.09. The van der Waals surface area contributed by atoms with Crippen molar-refractivity contribution in [2.24, 2.45) is 0 Å². The van der Waals surface area contributed by atoms with Gasteiger partial charge in [-0.1, -0.05) is 33.8 Å². The van der Waals surface area contributed by atoms with E-state index in [0.29, 0.717) is 0 Å². The Labute approximate surface area is 138 Å². The SMILES string of the molecule is CSc1nc2ncnc(N3Cc4ccc(Br)cc4C3)c2s1. The van der Waals surface area contributed by atoms with Gasteiger partial charge in [-0.05, 0) is 29.5 Å². The molecule has 0 atom stereocenters. The monoisotopic (exact) mass is 378 g/mol. The molecular formula is C14H11BrN4S2. The third-order valence-electron chi connectivity index (χ3n) is 3.52. The zero-order valence-electron chi connectivity index (χ0n) is 11.2. The molecule has 1 aliphatic rings. The Morgan fingerprint density at radius 1 is 1.24 bits per heavy atom. The van der Waals surface area contributed by atoms with E-state index in [-0.39, 0.29) is 0 Å². The number of hydrogen-bond donors (Lipinski definition) is 0. The van der Waals surface area contributed by atoms with Gasteiger partial charge in [0, 0.05) is 17.6 Å². The van der Waals surface area contributed by atoms with Crippen LogP contribution in [0.15, 0.2) is 33.3 Å². The minimum Gasteiger partial charge on any atom is -0.347 e. The maximum atomic E-state index is 4.52. The summed E-state index contributed by atoms with van der Waals surface area (Å²) in [5.74, 6) is 0.991. The average Bonchev–Trinajstić information content (AvgIpc) is 3.09. The van der Waals surface area contributed by atoms with Gasteiger partial charge >= 0.3 is 0 Å². The summed E-state index contributed by atoms with van der Waals surface area (Å²) in [7, 11) is 0. The Morgan fingerprint density at radius 2 is 2.10 bits per heavy atom. The van der Waals surface area contributed by atoms with Gasteiger partial charge in [-0.3, -0.25) is 0 Å². The maximum absolute atomic E-state index is 4.52. The van der Waals surface area contributed by atoms with Crippen LogP contribution in [-0.4, -0.2) is 21.2 Å². The van der Waals surface area contributed by atoms with Gasteiger partial charge in [0.05, 0.1) is 0 Å². The molecule has 106 valence electrons. The first-order valence-corrected chi connectivity index (χ1v) is 9.26. The van der Waals surface area contributed by atoms with Crippen LogP contribution in [0, 0.1) is 0 Å². The second-order valence-corrected chi connectivity index (χ2v) is 7.77. The Kier molecular flexibility index (Phi) is 3.35. The van der Waals surface area contributed by atoms with E-state index in [4.69, 9.17) is 0 Å². The normalized spacial score (nSPS) is 13.9. The lowest BCUT2D eigenvalue weighted by molar-refractivity contribution is 0.860. The molecule has 0 amide bonds. The number of benzene rings is 1. The summed E-state index contributed by atoms with van der Waals surface area (Å²) in [5.41, 5.74) is 3.51. The van der Waals surface area contributed by atoms with Gasteiger partial charge in [0.1, 0.15) is 11.0 Å². The number of nitrogens with zero attached hydrogens (tertiary/aromatic N) is 4. The van der Waals surface area contributed by atoms with Gasteiger partial charge in [0.15, 0.2) is 15.8 Å². The van der Waals surface area contributed by atoms with Gasteiger partial charge in [0.25, 0.3) is 0 Å². The fraction of sp³-hybridized carbons (Fsp3) is 0.214. The highest BCUT2D eigenvalue weighted by atomic mass is 79.9. The van der Waals surface area contributed by atoms with Crippen LogP contribution in [0.2, 0.25) is 0 Å². The highest BCUT2D eigenvalue weighted by Gasteiger charge is 2.23. The van der Waals surface area contributed by atoms with E-state index in [9.17, 15) is 0 Å². The summed E-state index contributed by atoms with van der Waals surface area (Å²) in [5, 5.41) is 0. The van der Waals surface area contributed by atoms with Gasteiger partial charge in [0.2, 0.25) is 0 Å². The van der Waals surface area contributed by atoms with E-state index in [1.54, 1.807) is 29.4 Å². The van der Waals surface area contributed by atoms with Crippen LogP contribution in [-0.2, 0) is 13.1 Å². The topological polar surface area (TPSA) is 41.9 Å². The van der Waals surface area contributed by atoms with Crippen molar-refractivity contribution in [2.75, 3.05) is 11.2 Å². The number of fused-ring (bicyclic) bond motifs is 2. The summed E-state index contributed by atoms with van der Waals surface area (Å²) >= 11 is 6.86. The molecule has 1 aliphatic heterocycles. The van der Waals surface area contributed by atoms with E-state index in [2.05, 4.69) is 54.0 Å². The molecule has 21 heavy (non-hydrogen) atoms. The minimum absolute atomic E-state index is 0.798. The van der Waals surface area contributed by atoms with Crippen LogP contribution in [0.1, 0.15) is 11.1 Å². The van der Waals surface area contributed by atoms with Crippen molar-refractivity contribution in [3.8, 4) is 0 Å². The number of anilines is 1. The molecule has 3 aromatic rings. The molecule has 0 aliphatic carbocycles. The van der Waals surface area contributed by atoms with Crippen molar-refractivity contribution in [3.63, 3.8) is 0 Å². The maximum Gasteiger partial charge on any atom is 0.176 e. The van der Waals surface area contributed by atoms with Crippen molar-refractivity contribution in [2.45, 2.75) is 17.4 Å².